The Kier molecular flexibility index (Phi) is 8.15. The highest BCUT2D eigenvalue weighted by Gasteiger charge is 2.52. The largest absolute Gasteiger partial charge is 0.310 e. The van der Waals surface area contributed by atoms with Gasteiger partial charge in [0.05, 0.1) is 33.6 Å². The van der Waals surface area contributed by atoms with Crippen molar-refractivity contribution in [2.24, 2.45) is 4.99 Å². The van der Waals surface area contributed by atoms with Gasteiger partial charge in [-0.2, -0.15) is 0 Å². The van der Waals surface area contributed by atoms with Gasteiger partial charge >= 0.3 is 0 Å². The molecule has 0 spiro atoms. The van der Waals surface area contributed by atoms with Gasteiger partial charge in [-0.05, 0) is 92.9 Å². The van der Waals surface area contributed by atoms with Crippen molar-refractivity contribution in [2.45, 2.75) is 23.2 Å². The minimum Gasteiger partial charge on any atom is -0.310 e. The fourth-order valence-corrected chi connectivity index (χ4v) is 10.4. The summed E-state index contributed by atoms with van der Waals surface area (Å²) in [5, 5.41) is 0. The number of benzene rings is 8. The molecule has 2 nitrogen and oxygen atoms in total. The number of fused-ring (bicyclic) bond motifs is 4. The van der Waals surface area contributed by atoms with Crippen molar-refractivity contribution in [1.29, 1.82) is 0 Å². The van der Waals surface area contributed by atoms with Crippen molar-refractivity contribution in [1.82, 2.24) is 0 Å². The van der Waals surface area contributed by atoms with Gasteiger partial charge in [0.15, 0.2) is 0 Å². The summed E-state index contributed by atoms with van der Waals surface area (Å²) in [6.07, 6.45) is 10.5. The minimum atomic E-state index is -0.598. The predicted molar refractivity (Wildman–Crippen MR) is 252 cm³/mol. The van der Waals surface area contributed by atoms with Crippen molar-refractivity contribution in [2.75, 3.05) is 4.90 Å². The average molecular weight is 779 g/mol. The van der Waals surface area contributed by atoms with E-state index in [0.29, 0.717) is 5.92 Å². The standard InChI is InChI=1S/C59H42N2/c1-5-19-42(20-6-1)57-53-39-58(53,40-54(60-57)46-23-17-22-44(37-46)45-33-32-41-18-13-14-21-43(41)36-45)49-34-35-56-52(38-49)59(47-24-7-2-8-25-47,48-26-9-3-10-27-48)51-30-15-16-31-55(51)61(56)50-28-11-4-12-29-50/h1-35,37-40,45H,36H2. The molecule has 288 valence electrons. The van der Waals surface area contributed by atoms with Crippen LogP contribution in [0.15, 0.2) is 241 Å². The molecule has 0 N–H and O–H groups in total. The van der Waals surface area contributed by atoms with Gasteiger partial charge in [-0.25, -0.2) is 4.99 Å². The normalized spacial score (nSPS) is 19.0. The van der Waals surface area contributed by atoms with Crippen molar-refractivity contribution in [3.8, 4) is 0 Å². The Balaban J connectivity index is 1.07. The summed E-state index contributed by atoms with van der Waals surface area (Å²) in [7, 11) is 0. The second-order valence-corrected chi connectivity index (χ2v) is 16.7. The van der Waals surface area contributed by atoms with Crippen LogP contribution in [0, 0.1) is 0 Å². The summed E-state index contributed by atoms with van der Waals surface area (Å²) < 4.78 is 0. The highest BCUT2D eigenvalue weighted by atomic mass is 15.2. The number of allylic oxidation sites excluding steroid dienone is 4. The Morgan fingerprint density at radius 2 is 1.13 bits per heavy atom. The maximum absolute atomic E-state index is 5.51. The lowest BCUT2D eigenvalue weighted by Crippen LogP contribution is -2.38. The first kappa shape index (κ1) is 35.4. The number of anilines is 3. The van der Waals surface area contributed by atoms with Gasteiger partial charge in [0.1, 0.15) is 0 Å². The zero-order chi connectivity index (χ0) is 40.4. The van der Waals surface area contributed by atoms with Gasteiger partial charge in [0, 0.05) is 22.7 Å². The molecule has 0 radical (unpaired) electrons. The van der Waals surface area contributed by atoms with Crippen LogP contribution in [0.1, 0.15) is 61.6 Å². The molecule has 0 bridgehead atoms. The van der Waals surface area contributed by atoms with Crippen molar-refractivity contribution in [3.05, 3.63) is 292 Å². The molecule has 0 saturated carbocycles. The van der Waals surface area contributed by atoms with Gasteiger partial charge < -0.3 is 4.90 Å². The Morgan fingerprint density at radius 1 is 0.492 bits per heavy atom. The van der Waals surface area contributed by atoms with Crippen LogP contribution in [-0.4, -0.2) is 5.71 Å². The molecule has 2 heteroatoms. The first-order chi connectivity index (χ1) is 30.2. The second kappa shape index (κ2) is 14.0. The molecule has 0 saturated heterocycles. The molecule has 8 aromatic carbocycles. The molecular formula is C59H42N2. The maximum atomic E-state index is 5.51. The molecule has 12 rings (SSSR count). The smallest absolute Gasteiger partial charge is 0.0754 e. The number of para-hydroxylation sites is 2. The van der Waals surface area contributed by atoms with Crippen molar-refractivity contribution < 1.29 is 0 Å². The Bertz CT molecular complexity index is 3060. The summed E-state index contributed by atoms with van der Waals surface area (Å²) in [5.74, 6) is 0.306. The summed E-state index contributed by atoms with van der Waals surface area (Å²) >= 11 is 0. The van der Waals surface area contributed by atoms with Crippen molar-refractivity contribution >= 4 is 34.5 Å². The van der Waals surface area contributed by atoms with Crippen LogP contribution in [-0.2, 0) is 17.3 Å². The highest BCUT2D eigenvalue weighted by Crippen LogP contribution is 2.60. The van der Waals surface area contributed by atoms with E-state index >= 15 is 0 Å². The molecule has 2 unspecified atom stereocenters. The van der Waals surface area contributed by atoms with Crippen LogP contribution in [0.5, 0.6) is 0 Å². The molecule has 61 heavy (non-hydrogen) atoms. The van der Waals surface area contributed by atoms with Crippen LogP contribution < -0.4 is 4.90 Å². The van der Waals surface area contributed by atoms with E-state index in [1.165, 1.54) is 61.5 Å². The average Bonchev–Trinajstić information content (AvgIpc) is 4.10. The number of rotatable bonds is 7. The molecule has 2 atom stereocenters. The topological polar surface area (TPSA) is 15.6 Å². The molecular weight excluding hydrogens is 737 g/mol. The third-order valence-corrected chi connectivity index (χ3v) is 13.3. The van der Waals surface area contributed by atoms with Gasteiger partial charge in [-0.1, -0.05) is 200 Å². The quantitative estimate of drug-likeness (QED) is 0.157. The van der Waals surface area contributed by atoms with Crippen LogP contribution in [0.25, 0.3) is 11.8 Å². The first-order valence-electron chi connectivity index (χ1n) is 21.4. The molecule has 0 fully saturated rings. The number of nitrogens with zero attached hydrogens (tertiary/aromatic N) is 2. The lowest BCUT2D eigenvalue weighted by molar-refractivity contribution is 0.727. The van der Waals surface area contributed by atoms with Gasteiger partial charge in [-0.3, -0.25) is 0 Å². The SMILES string of the molecule is C1=CC(c2cccc(C3=CC4(c5ccc6c(c5)C(c5ccccc5)(c5ccccc5)c5ccccc5N6c5ccccc5)C=C4C(c4ccccc4)=N3)c2)Cc2ccccc21. The molecule has 4 aliphatic rings. The van der Waals surface area contributed by atoms with Crippen LogP contribution >= 0.6 is 0 Å². The zero-order valence-electron chi connectivity index (χ0n) is 33.7. The van der Waals surface area contributed by atoms with Gasteiger partial charge in [0.2, 0.25) is 0 Å². The zero-order valence-corrected chi connectivity index (χ0v) is 33.7. The number of hydrogen-bond acceptors (Lipinski definition) is 2. The predicted octanol–water partition coefficient (Wildman–Crippen LogP) is 13.9. The lowest BCUT2D eigenvalue weighted by Gasteiger charge is -2.47. The molecule has 8 aromatic rings. The Labute approximate surface area is 357 Å². The van der Waals surface area contributed by atoms with Crippen LogP contribution in [0.2, 0.25) is 0 Å². The Morgan fingerprint density at radius 3 is 1.90 bits per heavy atom. The molecule has 0 aromatic heterocycles. The number of hydrogen-bond donors (Lipinski definition) is 0. The van der Waals surface area contributed by atoms with E-state index < -0.39 is 10.8 Å². The van der Waals surface area contributed by atoms with Crippen molar-refractivity contribution in [3.63, 3.8) is 0 Å². The van der Waals surface area contributed by atoms with Crippen LogP contribution in [0.3, 0.4) is 0 Å². The van der Waals surface area contributed by atoms with E-state index in [1.54, 1.807) is 0 Å². The highest BCUT2D eigenvalue weighted by molar-refractivity contribution is 6.22. The fraction of sp³-hybridized carbons (Fsp3) is 0.0678. The van der Waals surface area contributed by atoms with Gasteiger partial charge in [-0.15, -0.1) is 0 Å². The van der Waals surface area contributed by atoms with E-state index in [0.717, 1.165) is 34.6 Å². The monoisotopic (exact) mass is 778 g/mol. The lowest BCUT2D eigenvalue weighted by atomic mass is 9.62. The molecule has 2 aliphatic heterocycles. The summed E-state index contributed by atoms with van der Waals surface area (Å²) in [5.41, 5.74) is 18.3. The third-order valence-electron chi connectivity index (χ3n) is 13.3. The Hall–Kier alpha value is -7.55. The van der Waals surface area contributed by atoms with E-state index in [-0.39, 0.29) is 0 Å². The van der Waals surface area contributed by atoms with Gasteiger partial charge in [0.25, 0.3) is 0 Å². The fourth-order valence-electron chi connectivity index (χ4n) is 10.4. The summed E-state index contributed by atoms with van der Waals surface area (Å²) in [4.78, 5) is 7.97. The molecule has 2 aliphatic carbocycles. The molecule has 2 heterocycles. The molecule has 0 amide bonds. The minimum absolute atomic E-state index is 0.306. The van der Waals surface area contributed by atoms with E-state index in [9.17, 15) is 0 Å². The number of aliphatic imine (C=N–C) groups is 1. The third kappa shape index (κ3) is 5.60. The maximum Gasteiger partial charge on any atom is 0.0754 e. The van der Waals surface area contributed by atoms with E-state index in [4.69, 9.17) is 4.99 Å². The second-order valence-electron chi connectivity index (χ2n) is 16.7. The van der Waals surface area contributed by atoms with E-state index in [1.807, 2.05) is 0 Å². The summed E-state index contributed by atoms with van der Waals surface area (Å²) in [6.45, 7) is 0. The first-order valence-corrected chi connectivity index (χ1v) is 21.4. The summed E-state index contributed by atoms with van der Waals surface area (Å²) in [6, 6.07) is 77.9. The van der Waals surface area contributed by atoms with Crippen LogP contribution in [0.4, 0.5) is 17.1 Å². The van der Waals surface area contributed by atoms with E-state index in [2.05, 4.69) is 242 Å².